The fourth-order valence-electron chi connectivity index (χ4n) is 3.14. The van der Waals surface area contributed by atoms with Crippen molar-refractivity contribution < 1.29 is 13.2 Å². The summed E-state index contributed by atoms with van der Waals surface area (Å²) >= 11 is 0. The molecule has 152 valence electrons. The highest BCUT2D eigenvalue weighted by molar-refractivity contribution is 5.80. The summed E-state index contributed by atoms with van der Waals surface area (Å²) in [6.07, 6.45) is -3.48. The molecule has 0 aliphatic carbocycles. The predicted molar refractivity (Wildman–Crippen MR) is 104 cm³/mol. The third-order valence-electron chi connectivity index (χ3n) is 4.66. The summed E-state index contributed by atoms with van der Waals surface area (Å²) in [5.41, 5.74) is 1.06. The van der Waals surface area contributed by atoms with E-state index in [1.807, 2.05) is 30.3 Å². The molecule has 0 spiro atoms. The van der Waals surface area contributed by atoms with E-state index in [2.05, 4.69) is 34.8 Å². The number of hydrogen-bond donors (Lipinski definition) is 3. The number of benzene rings is 1. The van der Waals surface area contributed by atoms with Gasteiger partial charge in [-0.2, -0.15) is 13.2 Å². The van der Waals surface area contributed by atoms with Crippen LogP contribution in [0.1, 0.15) is 20.3 Å². The molecule has 2 atom stereocenters. The minimum atomic E-state index is -4.15. The smallest absolute Gasteiger partial charge is 0.380 e. The standard InChI is InChI=1S/C19H30F3N5/c1-14(2)17(25-15-7-5-4-6-8-15)11-24-18(23-3)26-16-9-10-27(12-16)13-19(20,21)22/h4-8,14,16-17,25H,9-13H2,1-3H3,(H2,23,24,26). The van der Waals surface area contributed by atoms with Gasteiger partial charge >= 0.3 is 6.18 Å². The zero-order chi connectivity index (χ0) is 19.9. The molecular weight excluding hydrogens is 355 g/mol. The van der Waals surface area contributed by atoms with Crippen LogP contribution in [0.2, 0.25) is 0 Å². The van der Waals surface area contributed by atoms with Gasteiger partial charge in [-0.15, -0.1) is 0 Å². The van der Waals surface area contributed by atoms with Gasteiger partial charge in [0.2, 0.25) is 0 Å². The van der Waals surface area contributed by atoms with Crippen LogP contribution in [0.3, 0.4) is 0 Å². The summed E-state index contributed by atoms with van der Waals surface area (Å²) in [6.45, 7) is 4.90. The van der Waals surface area contributed by atoms with Crippen molar-refractivity contribution in [1.82, 2.24) is 15.5 Å². The zero-order valence-electron chi connectivity index (χ0n) is 16.2. The van der Waals surface area contributed by atoms with Crippen LogP contribution in [0.4, 0.5) is 18.9 Å². The molecule has 1 aromatic rings. The number of nitrogens with one attached hydrogen (secondary N) is 3. The highest BCUT2D eigenvalue weighted by atomic mass is 19.4. The first-order chi connectivity index (χ1) is 12.8. The topological polar surface area (TPSA) is 51.7 Å². The molecule has 1 fully saturated rings. The first-order valence-corrected chi connectivity index (χ1v) is 9.34. The molecular formula is C19H30F3N5. The molecule has 1 aliphatic heterocycles. The van der Waals surface area contributed by atoms with Crippen molar-refractivity contribution in [3.05, 3.63) is 30.3 Å². The van der Waals surface area contributed by atoms with E-state index in [1.165, 1.54) is 4.90 Å². The lowest BCUT2D eigenvalue weighted by molar-refractivity contribution is -0.143. The average Bonchev–Trinajstić information content (AvgIpc) is 3.02. The summed E-state index contributed by atoms with van der Waals surface area (Å²) in [4.78, 5) is 5.64. The number of likely N-dealkylation sites (tertiary alicyclic amines) is 1. The Hall–Kier alpha value is -1.96. The fraction of sp³-hybridized carbons (Fsp3) is 0.632. The summed E-state index contributed by atoms with van der Waals surface area (Å²) in [6, 6.07) is 10.2. The third kappa shape index (κ3) is 7.66. The Labute approximate surface area is 159 Å². The molecule has 1 aromatic carbocycles. The molecule has 27 heavy (non-hydrogen) atoms. The number of alkyl halides is 3. The Morgan fingerprint density at radius 2 is 1.96 bits per heavy atom. The fourth-order valence-corrected chi connectivity index (χ4v) is 3.14. The molecule has 1 saturated heterocycles. The third-order valence-corrected chi connectivity index (χ3v) is 4.66. The normalized spacial score (nSPS) is 20.0. The van der Waals surface area contributed by atoms with E-state index < -0.39 is 12.7 Å². The maximum Gasteiger partial charge on any atom is 0.401 e. The van der Waals surface area contributed by atoms with Crippen LogP contribution in [0.15, 0.2) is 35.3 Å². The molecule has 0 bridgehead atoms. The summed E-state index contributed by atoms with van der Waals surface area (Å²) < 4.78 is 37.6. The van der Waals surface area contributed by atoms with Crippen molar-refractivity contribution in [2.75, 3.05) is 38.5 Å². The Morgan fingerprint density at radius 1 is 1.26 bits per heavy atom. The van der Waals surface area contributed by atoms with Crippen molar-refractivity contribution in [3.8, 4) is 0 Å². The number of anilines is 1. The van der Waals surface area contributed by atoms with E-state index in [4.69, 9.17) is 0 Å². The van der Waals surface area contributed by atoms with E-state index in [1.54, 1.807) is 7.05 Å². The van der Waals surface area contributed by atoms with Crippen LogP contribution in [0, 0.1) is 5.92 Å². The molecule has 8 heteroatoms. The minimum absolute atomic E-state index is 0.0295. The van der Waals surface area contributed by atoms with Crippen LogP contribution in [-0.4, -0.2) is 62.3 Å². The highest BCUT2D eigenvalue weighted by Crippen LogP contribution is 2.20. The summed E-state index contributed by atoms with van der Waals surface area (Å²) in [7, 11) is 1.67. The number of aliphatic imine (C=N–C) groups is 1. The van der Waals surface area contributed by atoms with Crippen LogP contribution < -0.4 is 16.0 Å². The molecule has 1 heterocycles. The lowest BCUT2D eigenvalue weighted by Crippen LogP contribution is -2.48. The van der Waals surface area contributed by atoms with E-state index in [0.717, 1.165) is 5.69 Å². The first kappa shape index (κ1) is 21.3. The zero-order valence-corrected chi connectivity index (χ0v) is 16.2. The molecule has 1 aliphatic rings. The Balaban J connectivity index is 1.82. The van der Waals surface area contributed by atoms with Gasteiger partial charge in [0.25, 0.3) is 0 Å². The largest absolute Gasteiger partial charge is 0.401 e. The van der Waals surface area contributed by atoms with Gasteiger partial charge in [-0.1, -0.05) is 32.0 Å². The molecule has 0 radical (unpaired) electrons. The van der Waals surface area contributed by atoms with Crippen LogP contribution in [0.25, 0.3) is 0 Å². The van der Waals surface area contributed by atoms with Gasteiger partial charge in [-0.05, 0) is 24.5 Å². The van der Waals surface area contributed by atoms with Crippen LogP contribution in [0.5, 0.6) is 0 Å². The van der Waals surface area contributed by atoms with E-state index in [9.17, 15) is 13.2 Å². The Bertz CT molecular complexity index is 589. The predicted octanol–water partition coefficient (Wildman–Crippen LogP) is 2.92. The SMILES string of the molecule is CN=C(NCC(Nc1ccccc1)C(C)C)NC1CCN(CC(F)(F)F)C1. The van der Waals surface area contributed by atoms with Crippen molar-refractivity contribution >= 4 is 11.6 Å². The summed E-state index contributed by atoms with van der Waals surface area (Å²) in [5.74, 6) is 1.01. The molecule has 0 amide bonds. The molecule has 0 saturated carbocycles. The number of nitrogens with zero attached hydrogens (tertiary/aromatic N) is 2. The number of rotatable bonds is 7. The number of para-hydroxylation sites is 1. The van der Waals surface area contributed by atoms with E-state index >= 15 is 0 Å². The number of hydrogen-bond acceptors (Lipinski definition) is 3. The van der Waals surface area contributed by atoms with Crippen molar-refractivity contribution in [3.63, 3.8) is 0 Å². The van der Waals surface area contributed by atoms with Crippen molar-refractivity contribution in [2.24, 2.45) is 10.9 Å². The van der Waals surface area contributed by atoms with E-state index in [-0.39, 0.29) is 12.1 Å². The molecule has 2 rings (SSSR count). The Morgan fingerprint density at radius 3 is 2.56 bits per heavy atom. The lowest BCUT2D eigenvalue weighted by Gasteiger charge is -2.26. The summed E-state index contributed by atoms with van der Waals surface area (Å²) in [5, 5.41) is 10.0. The maximum atomic E-state index is 12.5. The molecule has 3 N–H and O–H groups in total. The number of halogens is 3. The maximum absolute atomic E-state index is 12.5. The van der Waals surface area contributed by atoms with Gasteiger partial charge in [0.05, 0.1) is 6.54 Å². The van der Waals surface area contributed by atoms with Crippen LogP contribution in [-0.2, 0) is 0 Å². The second-order valence-electron chi connectivity index (χ2n) is 7.29. The lowest BCUT2D eigenvalue weighted by atomic mass is 10.0. The van der Waals surface area contributed by atoms with Crippen LogP contribution >= 0.6 is 0 Å². The second-order valence-corrected chi connectivity index (χ2v) is 7.29. The monoisotopic (exact) mass is 385 g/mol. The average molecular weight is 385 g/mol. The molecule has 2 unspecified atom stereocenters. The van der Waals surface area contributed by atoms with Crippen molar-refractivity contribution in [1.29, 1.82) is 0 Å². The molecule has 5 nitrogen and oxygen atoms in total. The molecule has 0 aromatic heterocycles. The minimum Gasteiger partial charge on any atom is -0.380 e. The van der Waals surface area contributed by atoms with Gasteiger partial charge in [0, 0.05) is 44.5 Å². The number of guanidine groups is 1. The first-order valence-electron chi connectivity index (χ1n) is 9.34. The Kier molecular flexibility index (Phi) is 7.77. The van der Waals surface area contributed by atoms with Crippen molar-refractivity contribution in [2.45, 2.75) is 38.5 Å². The van der Waals surface area contributed by atoms with Gasteiger partial charge in [-0.25, -0.2) is 0 Å². The van der Waals surface area contributed by atoms with Gasteiger partial charge in [0.15, 0.2) is 5.96 Å². The van der Waals surface area contributed by atoms with Gasteiger partial charge < -0.3 is 16.0 Å². The van der Waals surface area contributed by atoms with Gasteiger partial charge in [-0.3, -0.25) is 9.89 Å². The van der Waals surface area contributed by atoms with Gasteiger partial charge in [0.1, 0.15) is 0 Å². The second kappa shape index (κ2) is 9.82. The highest BCUT2D eigenvalue weighted by Gasteiger charge is 2.34. The van der Waals surface area contributed by atoms with E-state index in [0.29, 0.717) is 37.9 Å². The quantitative estimate of drug-likeness (QED) is 0.499.